The highest BCUT2D eigenvalue weighted by molar-refractivity contribution is 5.61. The van der Waals surface area contributed by atoms with Crippen molar-refractivity contribution >= 4 is 0 Å². The molecule has 4 aliphatic rings. The Morgan fingerprint density at radius 2 is 2.18 bits per heavy atom. The van der Waals surface area contributed by atoms with Crippen LogP contribution in [0.4, 0.5) is 0 Å². The molecule has 116 valence electrons. The Labute approximate surface area is 130 Å². The van der Waals surface area contributed by atoms with Crippen LogP contribution in [-0.4, -0.2) is 24.4 Å². The fourth-order valence-electron chi connectivity index (χ4n) is 5.75. The van der Waals surface area contributed by atoms with Gasteiger partial charge < -0.3 is 14.6 Å². The average Bonchev–Trinajstić information content (AvgIpc) is 2.88. The van der Waals surface area contributed by atoms with E-state index in [-0.39, 0.29) is 11.5 Å². The Morgan fingerprint density at radius 1 is 1.32 bits per heavy atom. The third-order valence-corrected chi connectivity index (χ3v) is 6.73. The lowest BCUT2D eigenvalue weighted by Crippen LogP contribution is -2.59. The van der Waals surface area contributed by atoms with Gasteiger partial charge in [0.05, 0.1) is 7.11 Å². The fraction of sp³-hybridized carbons (Fsp3) is 0.579. The number of methoxy groups -OCH3 is 1. The van der Waals surface area contributed by atoms with Crippen molar-refractivity contribution in [3.05, 3.63) is 35.4 Å². The minimum Gasteiger partial charge on any atom is -0.493 e. The van der Waals surface area contributed by atoms with E-state index < -0.39 is 6.10 Å². The van der Waals surface area contributed by atoms with Crippen LogP contribution in [0.25, 0.3) is 0 Å². The lowest BCUT2D eigenvalue weighted by Gasteiger charge is -2.55. The third-order valence-electron chi connectivity index (χ3n) is 6.73. The first-order valence-corrected chi connectivity index (χ1v) is 8.40. The summed E-state index contributed by atoms with van der Waals surface area (Å²) in [7, 11) is 1.70. The molecule has 5 rings (SSSR count). The van der Waals surface area contributed by atoms with Gasteiger partial charge in [-0.15, -0.1) is 0 Å². The smallest absolute Gasteiger partial charge is 0.165 e. The van der Waals surface area contributed by atoms with Crippen LogP contribution in [0.5, 0.6) is 11.5 Å². The minimum absolute atomic E-state index is 0.0389. The summed E-state index contributed by atoms with van der Waals surface area (Å²) >= 11 is 0. The second-order valence-corrected chi connectivity index (χ2v) is 7.50. The molecule has 0 radical (unpaired) electrons. The molecule has 3 unspecified atom stereocenters. The van der Waals surface area contributed by atoms with Gasteiger partial charge in [0.1, 0.15) is 12.2 Å². The van der Waals surface area contributed by atoms with Crippen molar-refractivity contribution in [1.29, 1.82) is 0 Å². The molecule has 1 heterocycles. The zero-order chi connectivity index (χ0) is 15.1. The van der Waals surface area contributed by atoms with Crippen molar-refractivity contribution in [3.8, 4) is 11.5 Å². The lowest BCUT2D eigenvalue weighted by molar-refractivity contribution is -0.0401. The Kier molecular flexibility index (Phi) is 2.41. The maximum atomic E-state index is 10.6. The maximum absolute atomic E-state index is 10.6. The monoisotopic (exact) mass is 298 g/mol. The number of aliphatic hydroxyl groups is 1. The molecular weight excluding hydrogens is 276 g/mol. The van der Waals surface area contributed by atoms with E-state index in [1.165, 1.54) is 17.5 Å². The van der Waals surface area contributed by atoms with Gasteiger partial charge in [-0.25, -0.2) is 0 Å². The number of aliphatic hydroxyl groups excluding tert-OH is 1. The summed E-state index contributed by atoms with van der Waals surface area (Å²) < 4.78 is 11.9. The Hall–Kier alpha value is -1.48. The third kappa shape index (κ3) is 1.28. The second kappa shape index (κ2) is 4.08. The number of allylic oxidation sites excluding steroid dienone is 1. The molecule has 1 aliphatic heterocycles. The van der Waals surface area contributed by atoms with Crippen molar-refractivity contribution in [2.75, 3.05) is 7.11 Å². The van der Waals surface area contributed by atoms with Crippen molar-refractivity contribution in [2.24, 2.45) is 17.8 Å². The van der Waals surface area contributed by atoms with Crippen LogP contribution >= 0.6 is 0 Å². The lowest BCUT2D eigenvalue weighted by atomic mass is 9.48. The summed E-state index contributed by atoms with van der Waals surface area (Å²) in [6, 6.07) is 4.25. The molecule has 3 nitrogen and oxygen atoms in total. The van der Waals surface area contributed by atoms with E-state index in [0.29, 0.717) is 11.8 Å². The van der Waals surface area contributed by atoms with Crippen LogP contribution < -0.4 is 9.47 Å². The van der Waals surface area contributed by atoms with Gasteiger partial charge in [0.2, 0.25) is 0 Å². The van der Waals surface area contributed by atoms with Crippen molar-refractivity contribution in [1.82, 2.24) is 0 Å². The number of benzene rings is 1. The topological polar surface area (TPSA) is 38.7 Å². The van der Waals surface area contributed by atoms with E-state index in [2.05, 4.69) is 19.1 Å². The quantitative estimate of drug-likeness (QED) is 0.810. The van der Waals surface area contributed by atoms with E-state index in [0.717, 1.165) is 30.3 Å². The Bertz CT molecular complexity index is 680. The molecule has 2 bridgehead atoms. The molecule has 0 aromatic heterocycles. The molecule has 1 N–H and O–H groups in total. The molecule has 6 atom stereocenters. The highest BCUT2D eigenvalue weighted by atomic mass is 16.5. The molecule has 1 fully saturated rings. The van der Waals surface area contributed by atoms with Crippen LogP contribution in [0.15, 0.2) is 24.3 Å². The molecule has 0 amide bonds. The molecule has 1 saturated carbocycles. The molecule has 0 saturated heterocycles. The SMILES string of the molecule is COc1ccc2c3c1OC1[C@@H](O)C=C[C@H]4[C@@H](C2)C(C)CCC314. The van der Waals surface area contributed by atoms with Crippen LogP contribution in [0.3, 0.4) is 0 Å². The zero-order valence-corrected chi connectivity index (χ0v) is 13.1. The van der Waals surface area contributed by atoms with Crippen LogP contribution in [0.2, 0.25) is 0 Å². The first kappa shape index (κ1) is 13.0. The summed E-state index contributed by atoms with van der Waals surface area (Å²) in [4.78, 5) is 0. The molecule has 3 heteroatoms. The van der Waals surface area contributed by atoms with Gasteiger partial charge in [-0.05, 0) is 48.6 Å². The average molecular weight is 298 g/mol. The fourth-order valence-corrected chi connectivity index (χ4v) is 5.75. The van der Waals surface area contributed by atoms with E-state index in [1.54, 1.807) is 7.11 Å². The number of rotatable bonds is 1. The second-order valence-electron chi connectivity index (χ2n) is 7.50. The Balaban J connectivity index is 1.82. The standard InChI is InChI=1S/C19H22O3/c1-10-7-8-19-13-4-5-14(20)18(19)22-17-15(21-2)6-3-11(16(17)19)9-12(10)13/h3-6,10,12-14,18,20H,7-9H2,1-2H3/t10?,12-,13-,14-,18?,19?/m0/s1. The normalized spacial score (nSPS) is 43.5. The van der Waals surface area contributed by atoms with Crippen LogP contribution in [-0.2, 0) is 11.8 Å². The molecular formula is C19H22O3. The zero-order valence-electron chi connectivity index (χ0n) is 13.1. The van der Waals surface area contributed by atoms with Gasteiger partial charge in [-0.1, -0.05) is 25.1 Å². The first-order valence-electron chi connectivity index (χ1n) is 8.40. The first-order chi connectivity index (χ1) is 10.7. The molecule has 3 aliphatic carbocycles. The number of ether oxygens (including phenoxy) is 2. The predicted octanol–water partition coefficient (Wildman–Crippen LogP) is 2.84. The Morgan fingerprint density at radius 3 is 3.00 bits per heavy atom. The summed E-state index contributed by atoms with van der Waals surface area (Å²) in [5, 5.41) is 10.6. The van der Waals surface area contributed by atoms with E-state index >= 15 is 0 Å². The molecule has 1 aromatic rings. The van der Waals surface area contributed by atoms with Gasteiger partial charge in [-0.3, -0.25) is 0 Å². The van der Waals surface area contributed by atoms with Crippen molar-refractivity contribution in [2.45, 2.75) is 43.8 Å². The van der Waals surface area contributed by atoms with Gasteiger partial charge in [0, 0.05) is 11.0 Å². The minimum atomic E-state index is -0.520. The van der Waals surface area contributed by atoms with Crippen LogP contribution in [0.1, 0.15) is 30.9 Å². The van der Waals surface area contributed by atoms with Gasteiger partial charge in [0.25, 0.3) is 0 Å². The van der Waals surface area contributed by atoms with Crippen molar-refractivity contribution in [3.63, 3.8) is 0 Å². The van der Waals surface area contributed by atoms with E-state index in [4.69, 9.17) is 9.47 Å². The summed E-state index contributed by atoms with van der Waals surface area (Å²) in [5.41, 5.74) is 2.71. The highest BCUT2D eigenvalue weighted by Gasteiger charge is 2.64. The van der Waals surface area contributed by atoms with Gasteiger partial charge in [-0.2, -0.15) is 0 Å². The van der Waals surface area contributed by atoms with Crippen molar-refractivity contribution < 1.29 is 14.6 Å². The van der Waals surface area contributed by atoms with E-state index in [9.17, 15) is 5.11 Å². The van der Waals surface area contributed by atoms with E-state index in [1.807, 2.05) is 12.1 Å². The largest absolute Gasteiger partial charge is 0.493 e. The summed E-state index contributed by atoms with van der Waals surface area (Å²) in [6.07, 6.45) is 7.02. The molecule has 1 spiro atoms. The number of hydrogen-bond donors (Lipinski definition) is 1. The van der Waals surface area contributed by atoms with Gasteiger partial charge in [0.15, 0.2) is 11.5 Å². The predicted molar refractivity (Wildman–Crippen MR) is 83.3 cm³/mol. The molecule has 1 aromatic carbocycles. The number of hydrogen-bond acceptors (Lipinski definition) is 3. The summed E-state index contributed by atoms with van der Waals surface area (Å²) in [5.74, 6) is 3.59. The molecule has 22 heavy (non-hydrogen) atoms. The maximum Gasteiger partial charge on any atom is 0.165 e. The van der Waals surface area contributed by atoms with Crippen LogP contribution in [0, 0.1) is 17.8 Å². The highest BCUT2D eigenvalue weighted by Crippen LogP contribution is 2.65. The van der Waals surface area contributed by atoms with Gasteiger partial charge >= 0.3 is 0 Å². The summed E-state index contributed by atoms with van der Waals surface area (Å²) in [6.45, 7) is 2.39.